The highest BCUT2D eigenvalue weighted by atomic mass is 35.5. The summed E-state index contributed by atoms with van der Waals surface area (Å²) >= 11 is 12.8. The molecule has 0 atom stereocenters. The van der Waals surface area contributed by atoms with Gasteiger partial charge in [-0.15, -0.1) is 0 Å². The Morgan fingerprint density at radius 3 is 2.30 bits per heavy atom. The van der Waals surface area contributed by atoms with Crippen LogP contribution in [0.1, 0.15) is 0 Å². The first-order chi connectivity index (χ1) is 18.1. The summed E-state index contributed by atoms with van der Waals surface area (Å²) in [5.74, 6) is 2.38. The van der Waals surface area contributed by atoms with Gasteiger partial charge in [0.25, 0.3) is 0 Å². The van der Waals surface area contributed by atoms with Gasteiger partial charge in [-0.25, -0.2) is 15.0 Å². The number of ether oxygens (including phenoxy) is 1. The van der Waals surface area contributed by atoms with Crippen LogP contribution in [0.5, 0.6) is 5.75 Å². The third-order valence-electron chi connectivity index (χ3n) is 6.62. The van der Waals surface area contributed by atoms with Crippen LogP contribution in [0.2, 0.25) is 10.0 Å². The standard InChI is InChI=1S/C28H24Cl2N6O/c1-37-22-6-4-5-21(17-22)34-13-15-35(16-14-34)27-25-28(32-18-31-27)36(20-11-9-19(29)10-12-20)26(33-25)23-7-2-3-8-24(23)30/h2-12,17-18H,13-16H2,1H3. The number of imidazole rings is 1. The van der Waals surface area contributed by atoms with Crippen LogP contribution in [0.3, 0.4) is 0 Å². The van der Waals surface area contributed by atoms with Crippen LogP contribution >= 0.6 is 23.2 Å². The van der Waals surface area contributed by atoms with Crippen LogP contribution < -0.4 is 14.5 Å². The molecule has 1 aliphatic rings. The molecule has 0 bridgehead atoms. The number of piperazine rings is 1. The Morgan fingerprint density at radius 1 is 0.784 bits per heavy atom. The zero-order valence-electron chi connectivity index (χ0n) is 20.2. The van der Waals surface area contributed by atoms with Crippen molar-refractivity contribution in [1.29, 1.82) is 0 Å². The Labute approximate surface area is 224 Å². The lowest BCUT2D eigenvalue weighted by Gasteiger charge is -2.36. The van der Waals surface area contributed by atoms with Gasteiger partial charge in [0.15, 0.2) is 17.0 Å². The number of fused-ring (bicyclic) bond motifs is 1. The number of benzene rings is 3. The van der Waals surface area contributed by atoms with Crippen LogP contribution in [0.25, 0.3) is 28.2 Å². The molecule has 0 N–H and O–H groups in total. The third kappa shape index (κ3) is 4.45. The maximum absolute atomic E-state index is 6.62. The van der Waals surface area contributed by atoms with Gasteiger partial charge in [0.05, 0.1) is 12.1 Å². The minimum Gasteiger partial charge on any atom is -0.497 e. The Kier molecular flexibility index (Phi) is 6.32. The summed E-state index contributed by atoms with van der Waals surface area (Å²) in [7, 11) is 1.69. The van der Waals surface area contributed by atoms with Crippen molar-refractivity contribution in [3.8, 4) is 22.8 Å². The molecule has 6 rings (SSSR count). The van der Waals surface area contributed by atoms with Crippen LogP contribution in [0, 0.1) is 0 Å². The molecule has 7 nitrogen and oxygen atoms in total. The summed E-state index contributed by atoms with van der Waals surface area (Å²) in [6.45, 7) is 3.32. The maximum atomic E-state index is 6.62. The van der Waals surface area contributed by atoms with Gasteiger partial charge in [-0.05, 0) is 48.5 Å². The molecule has 2 aromatic heterocycles. The second-order valence-electron chi connectivity index (χ2n) is 8.77. The van der Waals surface area contributed by atoms with Crippen molar-refractivity contribution in [3.05, 3.63) is 89.2 Å². The molecule has 5 aromatic rings. The normalized spacial score (nSPS) is 13.8. The van der Waals surface area contributed by atoms with Crippen LogP contribution in [0.15, 0.2) is 79.1 Å². The third-order valence-corrected chi connectivity index (χ3v) is 7.20. The summed E-state index contributed by atoms with van der Waals surface area (Å²) < 4.78 is 7.42. The molecule has 0 aliphatic carbocycles. The van der Waals surface area contributed by atoms with Crippen LogP contribution in [-0.2, 0) is 0 Å². The van der Waals surface area contributed by atoms with Gasteiger partial charge >= 0.3 is 0 Å². The number of halogens is 2. The lowest BCUT2D eigenvalue weighted by Crippen LogP contribution is -2.47. The Hall–Kier alpha value is -3.81. The number of rotatable bonds is 5. The Bertz CT molecular complexity index is 1560. The van der Waals surface area contributed by atoms with Gasteiger partial charge in [-0.3, -0.25) is 4.57 Å². The molecule has 0 spiro atoms. The van der Waals surface area contributed by atoms with Crippen LogP contribution in [0.4, 0.5) is 11.5 Å². The van der Waals surface area contributed by atoms with Crippen molar-refractivity contribution < 1.29 is 4.74 Å². The van der Waals surface area contributed by atoms with Crippen molar-refractivity contribution in [3.63, 3.8) is 0 Å². The number of aromatic nitrogens is 4. The van der Waals surface area contributed by atoms with Crippen molar-refractivity contribution >= 4 is 45.9 Å². The quantitative estimate of drug-likeness (QED) is 0.272. The lowest BCUT2D eigenvalue weighted by atomic mass is 10.2. The molecule has 1 fully saturated rings. The van der Waals surface area contributed by atoms with E-state index >= 15 is 0 Å². The van der Waals surface area contributed by atoms with Gasteiger partial charge in [0.2, 0.25) is 0 Å². The largest absolute Gasteiger partial charge is 0.497 e. The number of methoxy groups -OCH3 is 1. The van der Waals surface area contributed by atoms with Gasteiger partial charge in [-0.2, -0.15) is 0 Å². The SMILES string of the molecule is COc1cccc(N2CCN(c3ncnc4c3nc(-c3ccccc3Cl)n4-c3ccc(Cl)cc3)CC2)c1. The second-order valence-corrected chi connectivity index (χ2v) is 9.62. The van der Waals surface area contributed by atoms with E-state index in [0.29, 0.717) is 15.9 Å². The summed E-state index contributed by atoms with van der Waals surface area (Å²) in [6.07, 6.45) is 1.61. The summed E-state index contributed by atoms with van der Waals surface area (Å²) in [5, 5.41) is 1.28. The average molecular weight is 531 g/mol. The molecular weight excluding hydrogens is 507 g/mol. The molecule has 1 saturated heterocycles. The second kappa shape index (κ2) is 9.92. The monoisotopic (exact) mass is 530 g/mol. The summed E-state index contributed by atoms with van der Waals surface area (Å²) in [6, 6.07) is 23.5. The average Bonchev–Trinajstić information content (AvgIpc) is 3.33. The van der Waals surface area contributed by atoms with E-state index in [4.69, 9.17) is 32.9 Å². The minimum atomic E-state index is 0.620. The number of nitrogens with zero attached hydrogens (tertiary/aromatic N) is 6. The lowest BCUT2D eigenvalue weighted by molar-refractivity contribution is 0.414. The van der Waals surface area contributed by atoms with E-state index in [-0.39, 0.29) is 0 Å². The molecule has 3 aromatic carbocycles. The first-order valence-electron chi connectivity index (χ1n) is 12.0. The molecule has 3 heterocycles. The van der Waals surface area contributed by atoms with E-state index in [9.17, 15) is 0 Å². The predicted molar refractivity (Wildman–Crippen MR) is 150 cm³/mol. The van der Waals surface area contributed by atoms with Crippen molar-refractivity contribution in [1.82, 2.24) is 19.5 Å². The van der Waals surface area contributed by atoms with Crippen LogP contribution in [-0.4, -0.2) is 52.8 Å². The van der Waals surface area contributed by atoms with E-state index in [0.717, 1.165) is 65.8 Å². The van der Waals surface area contributed by atoms with E-state index in [1.54, 1.807) is 13.4 Å². The molecule has 0 amide bonds. The summed E-state index contributed by atoms with van der Waals surface area (Å²) in [4.78, 5) is 19.0. The van der Waals surface area contributed by atoms with E-state index in [1.807, 2.05) is 65.2 Å². The van der Waals surface area contributed by atoms with Gasteiger partial charge in [0, 0.05) is 54.2 Å². The highest BCUT2D eigenvalue weighted by Crippen LogP contribution is 2.35. The fourth-order valence-electron chi connectivity index (χ4n) is 4.75. The summed E-state index contributed by atoms with van der Waals surface area (Å²) in [5.41, 5.74) is 4.33. The van der Waals surface area contributed by atoms with Gasteiger partial charge < -0.3 is 14.5 Å². The number of anilines is 2. The first-order valence-corrected chi connectivity index (χ1v) is 12.8. The molecule has 37 heavy (non-hydrogen) atoms. The van der Waals surface area contributed by atoms with Crippen molar-refractivity contribution in [2.24, 2.45) is 0 Å². The molecule has 9 heteroatoms. The molecule has 186 valence electrons. The fourth-order valence-corrected chi connectivity index (χ4v) is 5.10. The topological polar surface area (TPSA) is 59.3 Å². The zero-order chi connectivity index (χ0) is 25.4. The van der Waals surface area contributed by atoms with E-state index in [1.165, 1.54) is 0 Å². The van der Waals surface area contributed by atoms with Crippen molar-refractivity contribution in [2.75, 3.05) is 43.1 Å². The number of hydrogen-bond acceptors (Lipinski definition) is 6. The molecule has 0 unspecified atom stereocenters. The van der Waals surface area contributed by atoms with Crippen molar-refractivity contribution in [2.45, 2.75) is 0 Å². The Balaban J connectivity index is 1.40. The number of hydrogen-bond donors (Lipinski definition) is 0. The zero-order valence-corrected chi connectivity index (χ0v) is 21.7. The maximum Gasteiger partial charge on any atom is 0.170 e. The fraction of sp³-hybridized carbons (Fsp3) is 0.179. The molecule has 0 saturated carbocycles. The van der Waals surface area contributed by atoms with E-state index < -0.39 is 0 Å². The first kappa shape index (κ1) is 23.6. The highest BCUT2D eigenvalue weighted by Gasteiger charge is 2.25. The molecule has 0 radical (unpaired) electrons. The highest BCUT2D eigenvalue weighted by molar-refractivity contribution is 6.33. The minimum absolute atomic E-state index is 0.620. The smallest absolute Gasteiger partial charge is 0.170 e. The van der Waals surface area contributed by atoms with E-state index in [2.05, 4.69) is 31.9 Å². The Morgan fingerprint density at radius 2 is 1.54 bits per heavy atom. The predicted octanol–water partition coefficient (Wildman–Crippen LogP) is 6.12. The van der Waals surface area contributed by atoms with Gasteiger partial charge in [-0.1, -0.05) is 41.4 Å². The van der Waals surface area contributed by atoms with Gasteiger partial charge in [0.1, 0.15) is 17.9 Å². The molecule has 1 aliphatic heterocycles. The molecular formula is C28H24Cl2N6O.